The maximum absolute atomic E-state index is 12.2. The molecule has 1 aromatic carbocycles. The summed E-state index contributed by atoms with van der Waals surface area (Å²) in [5, 5.41) is 10.7. The third-order valence-corrected chi connectivity index (χ3v) is 5.06. The molecule has 0 amide bonds. The first-order valence-corrected chi connectivity index (χ1v) is 9.17. The van der Waals surface area contributed by atoms with Crippen molar-refractivity contribution < 1.29 is 18.9 Å². The first-order chi connectivity index (χ1) is 10.3. The van der Waals surface area contributed by atoms with E-state index in [1.54, 1.807) is 0 Å². The van der Waals surface area contributed by atoms with Gasteiger partial charge in [0.2, 0.25) is 0 Å². The summed E-state index contributed by atoms with van der Waals surface area (Å²) >= 11 is 15.3. The number of thiol groups is 1. The Morgan fingerprint density at radius 2 is 1.95 bits per heavy atom. The molecule has 11 heteroatoms. The Hall–Kier alpha value is -0.340. The van der Waals surface area contributed by atoms with Gasteiger partial charge in [-0.25, -0.2) is 9.24 Å². The molecule has 1 atom stereocenters. The first kappa shape index (κ1) is 19.7. The van der Waals surface area contributed by atoms with Gasteiger partial charge in [-0.05, 0) is 11.6 Å². The van der Waals surface area contributed by atoms with Gasteiger partial charge < -0.3 is 4.89 Å². The smallest absolute Gasteiger partial charge is 0.312 e. The number of halogens is 2. The molecule has 1 rings (SSSR count). The predicted molar refractivity (Wildman–Crippen MR) is 88.0 cm³/mol. The Morgan fingerprint density at radius 1 is 1.36 bits per heavy atom. The number of rotatable bonds is 9. The Bertz CT molecular complexity index is 571. The zero-order valence-electron chi connectivity index (χ0n) is 11.4. The van der Waals surface area contributed by atoms with Crippen molar-refractivity contribution in [2.75, 3.05) is 24.8 Å². The van der Waals surface area contributed by atoms with Crippen molar-refractivity contribution in [2.24, 2.45) is 0 Å². The lowest BCUT2D eigenvalue weighted by molar-refractivity contribution is -0.385. The highest BCUT2D eigenvalue weighted by atomic mass is 35.5. The molecule has 1 unspecified atom stereocenters. The molecule has 0 bridgehead atoms. The van der Waals surface area contributed by atoms with E-state index in [9.17, 15) is 19.6 Å². The van der Waals surface area contributed by atoms with E-state index in [4.69, 9.17) is 27.7 Å². The molecule has 22 heavy (non-hydrogen) atoms. The Morgan fingerprint density at radius 3 is 2.45 bits per heavy atom. The molecule has 0 fully saturated rings. The number of nitro groups is 1. The minimum atomic E-state index is -4.10. The van der Waals surface area contributed by atoms with Crippen molar-refractivity contribution in [1.29, 1.82) is 0 Å². The van der Waals surface area contributed by atoms with E-state index in [0.717, 1.165) is 4.67 Å². The molecule has 0 radical (unpaired) electrons. The third-order valence-electron chi connectivity index (χ3n) is 2.70. The number of benzene rings is 1. The van der Waals surface area contributed by atoms with Gasteiger partial charge in [-0.1, -0.05) is 0 Å². The quantitative estimate of drug-likeness (QED) is 0.221. The molecule has 0 aliphatic carbocycles. The molecule has 1 N–H and O–H groups in total. The summed E-state index contributed by atoms with van der Waals surface area (Å²) in [5.41, 5.74) is 0.186. The van der Waals surface area contributed by atoms with Crippen LogP contribution in [0.1, 0.15) is 5.56 Å². The highest BCUT2D eigenvalue weighted by Crippen LogP contribution is 2.47. The average molecular weight is 389 g/mol. The zero-order chi connectivity index (χ0) is 16.8. The van der Waals surface area contributed by atoms with Crippen LogP contribution in [-0.4, -0.2) is 39.3 Å². The van der Waals surface area contributed by atoms with E-state index in [1.807, 2.05) is 0 Å². The van der Waals surface area contributed by atoms with Crippen molar-refractivity contribution in [1.82, 2.24) is 4.67 Å². The average Bonchev–Trinajstić information content (AvgIpc) is 2.46. The minimum Gasteiger partial charge on any atom is -0.312 e. The van der Waals surface area contributed by atoms with Gasteiger partial charge in [-0.2, -0.15) is 0 Å². The third kappa shape index (κ3) is 5.70. The normalized spacial score (nSPS) is 14.0. The number of hydrogen-bond donors (Lipinski definition) is 2. The minimum absolute atomic E-state index is 0.130. The summed E-state index contributed by atoms with van der Waals surface area (Å²) in [6, 6.07) is 3.96. The Balaban J connectivity index is 2.85. The molecule has 7 nitrogen and oxygen atoms in total. The Kier molecular flexibility index (Phi) is 8.13. The molecule has 0 saturated heterocycles. The maximum Gasteiger partial charge on any atom is 0.405 e. The van der Waals surface area contributed by atoms with Gasteiger partial charge >= 0.3 is 7.75 Å². The van der Waals surface area contributed by atoms with Crippen molar-refractivity contribution in [3.63, 3.8) is 0 Å². The fourth-order valence-corrected chi connectivity index (χ4v) is 3.62. The van der Waals surface area contributed by atoms with Gasteiger partial charge in [0.25, 0.3) is 5.69 Å². The van der Waals surface area contributed by atoms with Crippen LogP contribution in [0.5, 0.6) is 0 Å². The fourth-order valence-electron chi connectivity index (χ4n) is 1.60. The van der Waals surface area contributed by atoms with Gasteiger partial charge in [0.05, 0.1) is 11.5 Å². The lowest BCUT2D eigenvalue weighted by Crippen LogP contribution is -2.26. The van der Waals surface area contributed by atoms with Gasteiger partial charge in [-0.15, -0.1) is 35.8 Å². The molecule has 0 saturated carbocycles. The number of non-ortho nitro benzene ring substituents is 1. The number of nitrogens with zero attached hydrogens (tertiary/aromatic N) is 2. The number of alkyl halides is 2. The molecule has 0 aliphatic rings. The van der Waals surface area contributed by atoms with Crippen LogP contribution in [0, 0.1) is 10.1 Å². The Labute approximate surface area is 143 Å². The van der Waals surface area contributed by atoms with E-state index in [0.29, 0.717) is 10.5 Å². The predicted octanol–water partition coefficient (Wildman–Crippen LogP) is 3.28. The van der Waals surface area contributed by atoms with Gasteiger partial charge in [0.1, 0.15) is 0 Å². The van der Waals surface area contributed by atoms with Crippen molar-refractivity contribution >= 4 is 49.3 Å². The summed E-state index contributed by atoms with van der Waals surface area (Å²) in [6.45, 7) is -0.0369. The van der Waals surface area contributed by atoms with Crippen molar-refractivity contribution in [2.45, 2.75) is 11.5 Å². The molecule has 0 spiro atoms. The number of nitro benzene ring substituents is 1. The molecule has 0 aromatic heterocycles. The van der Waals surface area contributed by atoms with E-state index >= 15 is 0 Å². The van der Waals surface area contributed by atoms with Crippen LogP contribution in [0.4, 0.5) is 5.69 Å². The standard InChI is InChI=1S/C11H15Cl2N2O5PS/c12-3-5-14(6-4-13)21(18,19)20-8-9-7-10(15(16)17)1-2-11(9)22/h1-2,7,22H,3-6,8H2,(H,18,19). The van der Waals surface area contributed by atoms with Crippen LogP contribution in [-0.2, 0) is 15.7 Å². The highest BCUT2D eigenvalue weighted by Gasteiger charge is 2.29. The van der Waals surface area contributed by atoms with Crippen molar-refractivity contribution in [3.8, 4) is 0 Å². The summed E-state index contributed by atoms with van der Waals surface area (Å²) in [6.07, 6.45) is 0. The summed E-state index contributed by atoms with van der Waals surface area (Å²) in [7, 11) is -4.10. The molecule has 1 aromatic rings. The molecule has 124 valence electrons. The lowest BCUT2D eigenvalue weighted by atomic mass is 10.2. The fraction of sp³-hybridized carbons (Fsp3) is 0.455. The summed E-state index contributed by atoms with van der Waals surface area (Å²) in [5.74, 6) is 0.277. The van der Waals surface area contributed by atoms with E-state index in [2.05, 4.69) is 12.6 Å². The molecule has 0 aliphatic heterocycles. The van der Waals surface area contributed by atoms with Gasteiger partial charge in [-0.3, -0.25) is 14.6 Å². The van der Waals surface area contributed by atoms with E-state index in [-0.39, 0.29) is 37.1 Å². The van der Waals surface area contributed by atoms with Gasteiger partial charge in [0.15, 0.2) is 0 Å². The summed E-state index contributed by atoms with van der Waals surface area (Å²) in [4.78, 5) is 20.5. The number of hydrogen-bond acceptors (Lipinski definition) is 5. The second-order valence-electron chi connectivity index (χ2n) is 4.17. The zero-order valence-corrected chi connectivity index (χ0v) is 14.7. The lowest BCUT2D eigenvalue weighted by Gasteiger charge is -2.25. The van der Waals surface area contributed by atoms with Crippen LogP contribution >= 0.6 is 43.6 Å². The molecule has 0 heterocycles. The second-order valence-corrected chi connectivity index (χ2v) is 7.21. The summed E-state index contributed by atoms with van der Waals surface area (Å²) < 4.78 is 18.4. The monoisotopic (exact) mass is 388 g/mol. The van der Waals surface area contributed by atoms with Crippen LogP contribution in [0.25, 0.3) is 0 Å². The topological polar surface area (TPSA) is 92.9 Å². The van der Waals surface area contributed by atoms with E-state index in [1.165, 1.54) is 18.2 Å². The highest BCUT2D eigenvalue weighted by molar-refractivity contribution is 7.80. The van der Waals surface area contributed by atoms with Crippen LogP contribution < -0.4 is 0 Å². The van der Waals surface area contributed by atoms with Crippen LogP contribution in [0.15, 0.2) is 23.1 Å². The SMILES string of the molecule is O=[N+]([O-])c1ccc(S)c(COP(=O)(O)N(CCCl)CCCl)c1. The van der Waals surface area contributed by atoms with Crippen LogP contribution in [0.2, 0.25) is 0 Å². The molecular formula is C11H15Cl2N2O5PS. The first-order valence-electron chi connectivity index (χ1n) is 6.12. The second kappa shape index (κ2) is 9.08. The largest absolute Gasteiger partial charge is 0.405 e. The van der Waals surface area contributed by atoms with Gasteiger partial charge in [0, 0.05) is 41.9 Å². The van der Waals surface area contributed by atoms with Crippen LogP contribution in [0.3, 0.4) is 0 Å². The molecular weight excluding hydrogens is 374 g/mol. The van der Waals surface area contributed by atoms with E-state index < -0.39 is 12.7 Å². The van der Waals surface area contributed by atoms with Crippen molar-refractivity contribution in [3.05, 3.63) is 33.9 Å². The maximum atomic E-state index is 12.2.